The normalized spacial score (nSPS) is 10.8. The van der Waals surface area contributed by atoms with Crippen LogP contribution in [0.4, 0.5) is 0 Å². The van der Waals surface area contributed by atoms with Crippen molar-refractivity contribution in [3.05, 3.63) is 59.0 Å². The highest BCUT2D eigenvalue weighted by molar-refractivity contribution is 6.32. The maximum atomic E-state index is 9.49. The fourth-order valence-corrected chi connectivity index (χ4v) is 2.45. The van der Waals surface area contributed by atoms with Crippen LogP contribution in [0.25, 0.3) is 22.3 Å². The van der Waals surface area contributed by atoms with Gasteiger partial charge in [0.25, 0.3) is 0 Å². The molecule has 5 heteroatoms. The minimum atomic E-state index is 0.0261. The van der Waals surface area contributed by atoms with Gasteiger partial charge in [-0.25, -0.2) is 0 Å². The molecule has 3 nitrogen and oxygen atoms in total. The molecule has 0 radical (unpaired) electrons. The average Bonchev–Trinajstić information content (AvgIpc) is 2.94. The van der Waals surface area contributed by atoms with Crippen LogP contribution in [0.3, 0.4) is 0 Å². The number of hydrogen-bond donors (Lipinski definition) is 2. The SMILES string of the molecule is Oc1ccc(-c2cocc2-c2ccc(O)c(Cl)c2)cc1Cl. The number of hydrogen-bond acceptors (Lipinski definition) is 3. The Bertz CT molecular complexity index is 743. The molecule has 2 aromatic carbocycles. The summed E-state index contributed by atoms with van der Waals surface area (Å²) in [4.78, 5) is 0. The van der Waals surface area contributed by atoms with E-state index in [0.29, 0.717) is 0 Å². The van der Waals surface area contributed by atoms with Crippen molar-refractivity contribution in [3.63, 3.8) is 0 Å². The van der Waals surface area contributed by atoms with Gasteiger partial charge in [0.1, 0.15) is 11.5 Å². The molecule has 3 rings (SSSR count). The van der Waals surface area contributed by atoms with Crippen molar-refractivity contribution >= 4 is 23.2 Å². The first-order chi connectivity index (χ1) is 10.1. The van der Waals surface area contributed by atoms with Crippen molar-refractivity contribution in [1.82, 2.24) is 0 Å². The smallest absolute Gasteiger partial charge is 0.134 e. The Morgan fingerprint density at radius 1 is 0.714 bits per heavy atom. The zero-order chi connectivity index (χ0) is 15.0. The van der Waals surface area contributed by atoms with Crippen molar-refractivity contribution in [1.29, 1.82) is 0 Å². The molecule has 0 unspecified atom stereocenters. The summed E-state index contributed by atoms with van der Waals surface area (Å²) in [6.07, 6.45) is 3.19. The Labute approximate surface area is 131 Å². The second kappa shape index (κ2) is 5.35. The maximum absolute atomic E-state index is 9.49. The van der Waals surface area contributed by atoms with E-state index in [9.17, 15) is 10.2 Å². The van der Waals surface area contributed by atoms with Crippen molar-refractivity contribution in [2.45, 2.75) is 0 Å². The summed E-state index contributed by atoms with van der Waals surface area (Å²) in [5, 5.41) is 19.5. The van der Waals surface area contributed by atoms with Crippen molar-refractivity contribution in [2.24, 2.45) is 0 Å². The highest BCUT2D eigenvalue weighted by Crippen LogP contribution is 2.38. The van der Waals surface area contributed by atoms with E-state index in [2.05, 4.69) is 0 Å². The molecule has 0 saturated carbocycles. The lowest BCUT2D eigenvalue weighted by Crippen LogP contribution is -1.81. The van der Waals surface area contributed by atoms with E-state index >= 15 is 0 Å². The molecular formula is C16H10Cl2O3. The molecule has 2 N–H and O–H groups in total. The van der Waals surface area contributed by atoms with Gasteiger partial charge in [-0.2, -0.15) is 0 Å². The third-order valence-electron chi connectivity index (χ3n) is 3.18. The minimum Gasteiger partial charge on any atom is -0.506 e. The summed E-state index contributed by atoms with van der Waals surface area (Å²) < 4.78 is 5.28. The summed E-state index contributed by atoms with van der Waals surface area (Å²) in [6.45, 7) is 0. The van der Waals surface area contributed by atoms with Crippen LogP contribution in [0.5, 0.6) is 11.5 Å². The standard InChI is InChI=1S/C16H10Cl2O3/c17-13-5-9(1-3-15(13)19)11-7-21-8-12(11)10-2-4-16(20)14(18)6-10/h1-8,19-20H. The van der Waals surface area contributed by atoms with Crippen LogP contribution in [0.15, 0.2) is 53.3 Å². The van der Waals surface area contributed by atoms with E-state index in [1.165, 1.54) is 12.1 Å². The molecule has 0 aliphatic heterocycles. The van der Waals surface area contributed by atoms with Crippen molar-refractivity contribution < 1.29 is 14.6 Å². The second-order valence-electron chi connectivity index (χ2n) is 4.53. The molecule has 1 heterocycles. The fourth-order valence-electron chi connectivity index (χ4n) is 2.09. The molecule has 0 spiro atoms. The monoisotopic (exact) mass is 320 g/mol. The Hall–Kier alpha value is -2.10. The van der Waals surface area contributed by atoms with Crippen LogP contribution in [0, 0.1) is 0 Å². The molecule has 0 amide bonds. The highest BCUT2D eigenvalue weighted by Gasteiger charge is 2.13. The van der Waals surface area contributed by atoms with Gasteiger partial charge in [-0.1, -0.05) is 35.3 Å². The average molecular weight is 321 g/mol. The Morgan fingerprint density at radius 3 is 1.52 bits per heavy atom. The van der Waals surface area contributed by atoms with Gasteiger partial charge >= 0.3 is 0 Å². The number of aromatic hydroxyl groups is 2. The summed E-state index contributed by atoms with van der Waals surface area (Å²) >= 11 is 11.9. The van der Waals surface area contributed by atoms with Crippen LogP contribution in [-0.2, 0) is 0 Å². The first-order valence-electron chi connectivity index (χ1n) is 6.10. The Kier molecular flexibility index (Phi) is 3.53. The van der Waals surface area contributed by atoms with Gasteiger partial charge in [0, 0.05) is 11.1 Å². The zero-order valence-electron chi connectivity index (χ0n) is 10.7. The summed E-state index contributed by atoms with van der Waals surface area (Å²) in [6, 6.07) is 9.87. The third-order valence-corrected chi connectivity index (χ3v) is 3.78. The largest absolute Gasteiger partial charge is 0.506 e. The third kappa shape index (κ3) is 2.58. The van der Waals surface area contributed by atoms with E-state index in [-0.39, 0.29) is 21.5 Å². The summed E-state index contributed by atoms with van der Waals surface area (Å²) in [7, 11) is 0. The van der Waals surface area contributed by atoms with Crippen molar-refractivity contribution in [3.8, 4) is 33.8 Å². The molecule has 21 heavy (non-hydrogen) atoms. The van der Waals surface area contributed by atoms with Crippen molar-refractivity contribution in [2.75, 3.05) is 0 Å². The zero-order valence-corrected chi connectivity index (χ0v) is 12.2. The Morgan fingerprint density at radius 2 is 1.14 bits per heavy atom. The minimum absolute atomic E-state index is 0.0261. The fraction of sp³-hybridized carbons (Fsp3) is 0. The summed E-state index contributed by atoms with van der Waals surface area (Å²) in [5.74, 6) is 0.0521. The first-order valence-corrected chi connectivity index (χ1v) is 6.86. The van der Waals surface area contributed by atoms with Gasteiger partial charge in [-0.05, 0) is 35.4 Å². The van der Waals surface area contributed by atoms with E-state index in [1.54, 1.807) is 36.8 Å². The number of benzene rings is 2. The number of furan rings is 1. The molecule has 1 aromatic heterocycles. The number of halogens is 2. The van der Waals surface area contributed by atoms with Crippen LogP contribution < -0.4 is 0 Å². The van der Waals surface area contributed by atoms with Gasteiger partial charge < -0.3 is 14.6 Å². The lowest BCUT2D eigenvalue weighted by Gasteiger charge is -2.06. The lowest BCUT2D eigenvalue weighted by molar-refractivity contribution is 0.475. The second-order valence-corrected chi connectivity index (χ2v) is 5.35. The molecule has 0 atom stereocenters. The van der Waals surface area contributed by atoms with Crippen LogP contribution in [0.1, 0.15) is 0 Å². The van der Waals surface area contributed by atoms with Crippen LogP contribution in [0.2, 0.25) is 10.0 Å². The van der Waals surface area contributed by atoms with Crippen LogP contribution in [-0.4, -0.2) is 10.2 Å². The predicted molar refractivity (Wildman–Crippen MR) is 82.9 cm³/mol. The van der Waals surface area contributed by atoms with E-state index in [4.69, 9.17) is 27.6 Å². The van der Waals surface area contributed by atoms with E-state index in [0.717, 1.165) is 22.3 Å². The molecule has 0 aliphatic carbocycles. The Balaban J connectivity index is 2.12. The first kappa shape index (κ1) is 13.9. The van der Waals surface area contributed by atoms with E-state index < -0.39 is 0 Å². The van der Waals surface area contributed by atoms with Gasteiger partial charge in [-0.3, -0.25) is 0 Å². The summed E-state index contributed by atoms with van der Waals surface area (Å²) in [5.41, 5.74) is 3.26. The topological polar surface area (TPSA) is 53.6 Å². The molecule has 0 aliphatic rings. The van der Waals surface area contributed by atoms with Gasteiger partial charge in [0.15, 0.2) is 0 Å². The maximum Gasteiger partial charge on any atom is 0.134 e. The van der Waals surface area contributed by atoms with E-state index in [1.807, 2.05) is 0 Å². The van der Waals surface area contributed by atoms with Gasteiger partial charge in [-0.15, -0.1) is 0 Å². The number of phenols is 2. The number of rotatable bonds is 2. The molecule has 0 bridgehead atoms. The van der Waals surface area contributed by atoms with Crippen LogP contribution >= 0.6 is 23.2 Å². The quantitative estimate of drug-likeness (QED) is 0.670. The highest BCUT2D eigenvalue weighted by atomic mass is 35.5. The lowest BCUT2D eigenvalue weighted by atomic mass is 9.99. The van der Waals surface area contributed by atoms with Gasteiger partial charge in [0.2, 0.25) is 0 Å². The number of phenolic OH excluding ortho intramolecular Hbond substituents is 2. The molecule has 3 aromatic rings. The molecular weight excluding hydrogens is 311 g/mol. The molecule has 0 fully saturated rings. The molecule has 0 saturated heterocycles. The van der Waals surface area contributed by atoms with Gasteiger partial charge in [0.05, 0.1) is 22.6 Å². The predicted octanol–water partition coefficient (Wildman–Crippen LogP) is 5.33. The molecule has 106 valence electrons.